The number of nitrogens with one attached hydrogen (secondary N) is 2. The van der Waals surface area contributed by atoms with Crippen LogP contribution in [0.5, 0.6) is 0 Å². The van der Waals surface area contributed by atoms with Gasteiger partial charge in [0.2, 0.25) is 0 Å². The second-order valence-corrected chi connectivity index (χ2v) is 5.74. The fourth-order valence-corrected chi connectivity index (χ4v) is 2.77. The quantitative estimate of drug-likeness (QED) is 0.641. The molecule has 0 fully saturated rings. The smallest absolute Gasteiger partial charge is 0.337 e. The molecule has 0 spiro atoms. The topological polar surface area (TPSA) is 129 Å². The summed E-state index contributed by atoms with van der Waals surface area (Å²) in [6, 6.07) is -0.460. The van der Waals surface area contributed by atoms with Gasteiger partial charge in [-0.2, -0.15) is 0 Å². The highest BCUT2D eigenvalue weighted by molar-refractivity contribution is 5.93. The number of amides is 2. The number of hydrogen-bond acceptors (Lipinski definition) is 6. The summed E-state index contributed by atoms with van der Waals surface area (Å²) in [7, 11) is 2.88. The Morgan fingerprint density at radius 2 is 2.00 bits per heavy atom. The standard InChI is InChI=1S/C15H18N6O5/c1-4-26-13(23)8-5-16-14(24)18-9(8)6-21-7-17-11-10(21)12(22)20(3)15(25)19(11)2/h7H,4-6H2,1-3H3,(H2,16,18,24). The zero-order valence-electron chi connectivity index (χ0n) is 14.5. The van der Waals surface area contributed by atoms with Gasteiger partial charge >= 0.3 is 17.7 Å². The second-order valence-electron chi connectivity index (χ2n) is 5.74. The van der Waals surface area contributed by atoms with Crippen molar-refractivity contribution in [3.63, 3.8) is 0 Å². The number of nitrogens with zero attached hydrogens (tertiary/aromatic N) is 4. The molecule has 11 nitrogen and oxygen atoms in total. The van der Waals surface area contributed by atoms with E-state index in [4.69, 9.17) is 4.74 Å². The first-order valence-electron chi connectivity index (χ1n) is 7.90. The maximum absolute atomic E-state index is 12.5. The predicted octanol–water partition coefficient (Wildman–Crippen LogP) is -1.44. The van der Waals surface area contributed by atoms with Crippen molar-refractivity contribution in [3.05, 3.63) is 38.4 Å². The number of aryl methyl sites for hydroxylation is 1. The number of esters is 1. The zero-order chi connectivity index (χ0) is 19.0. The molecule has 0 unspecified atom stereocenters. The minimum atomic E-state index is -0.556. The first-order valence-corrected chi connectivity index (χ1v) is 7.90. The molecular weight excluding hydrogens is 344 g/mol. The average Bonchev–Trinajstić information content (AvgIpc) is 3.02. The molecular formula is C15H18N6O5. The van der Waals surface area contributed by atoms with E-state index in [2.05, 4.69) is 15.6 Å². The van der Waals surface area contributed by atoms with E-state index >= 15 is 0 Å². The van der Waals surface area contributed by atoms with Crippen LogP contribution in [0.4, 0.5) is 4.79 Å². The summed E-state index contributed by atoms with van der Waals surface area (Å²) in [6.45, 7) is 1.91. The lowest BCUT2D eigenvalue weighted by molar-refractivity contribution is -0.138. The van der Waals surface area contributed by atoms with Crippen molar-refractivity contribution in [2.75, 3.05) is 13.2 Å². The first-order chi connectivity index (χ1) is 12.3. The number of carbonyl (C=O) groups is 2. The number of urea groups is 1. The van der Waals surface area contributed by atoms with Gasteiger partial charge in [-0.1, -0.05) is 0 Å². The molecule has 3 rings (SSSR count). The average molecular weight is 362 g/mol. The van der Waals surface area contributed by atoms with Crippen molar-refractivity contribution in [3.8, 4) is 0 Å². The fourth-order valence-electron chi connectivity index (χ4n) is 2.77. The highest BCUT2D eigenvalue weighted by atomic mass is 16.5. The summed E-state index contributed by atoms with van der Waals surface area (Å²) in [5.74, 6) is -0.556. The molecule has 11 heteroatoms. The Morgan fingerprint density at radius 3 is 2.69 bits per heavy atom. The molecule has 0 bridgehead atoms. The summed E-state index contributed by atoms with van der Waals surface area (Å²) in [6.07, 6.45) is 1.38. The van der Waals surface area contributed by atoms with E-state index < -0.39 is 23.2 Å². The molecule has 2 N–H and O–H groups in total. The van der Waals surface area contributed by atoms with Gasteiger partial charge in [-0.15, -0.1) is 0 Å². The van der Waals surface area contributed by atoms with Crippen LogP contribution in [0.2, 0.25) is 0 Å². The van der Waals surface area contributed by atoms with E-state index in [1.54, 1.807) is 6.92 Å². The molecule has 2 aromatic heterocycles. The number of fused-ring (bicyclic) bond motifs is 1. The van der Waals surface area contributed by atoms with E-state index in [9.17, 15) is 19.2 Å². The Bertz CT molecular complexity index is 1060. The van der Waals surface area contributed by atoms with Crippen molar-refractivity contribution in [2.45, 2.75) is 13.5 Å². The van der Waals surface area contributed by atoms with Gasteiger partial charge < -0.3 is 19.9 Å². The normalized spacial score (nSPS) is 14.3. The van der Waals surface area contributed by atoms with E-state index in [0.29, 0.717) is 5.70 Å². The van der Waals surface area contributed by atoms with Gasteiger partial charge in [-0.3, -0.25) is 13.9 Å². The van der Waals surface area contributed by atoms with Crippen LogP contribution in [0.3, 0.4) is 0 Å². The molecule has 2 aromatic rings. The van der Waals surface area contributed by atoms with Gasteiger partial charge in [0, 0.05) is 14.1 Å². The number of hydrogen-bond donors (Lipinski definition) is 2. The van der Waals surface area contributed by atoms with E-state index in [-0.39, 0.29) is 36.4 Å². The van der Waals surface area contributed by atoms with E-state index in [0.717, 1.165) is 4.57 Å². The summed E-state index contributed by atoms with van der Waals surface area (Å²) >= 11 is 0. The van der Waals surface area contributed by atoms with Crippen LogP contribution >= 0.6 is 0 Å². The minimum absolute atomic E-state index is 0.0170. The molecule has 0 saturated heterocycles. The van der Waals surface area contributed by atoms with Crippen molar-refractivity contribution in [1.82, 2.24) is 29.3 Å². The molecule has 2 amide bonds. The molecule has 0 atom stereocenters. The molecule has 0 aromatic carbocycles. The molecule has 0 aliphatic carbocycles. The Balaban J connectivity index is 2.12. The maximum Gasteiger partial charge on any atom is 0.337 e. The Hall–Kier alpha value is -3.37. The number of ether oxygens (including phenoxy) is 1. The molecule has 0 saturated carbocycles. The van der Waals surface area contributed by atoms with Gasteiger partial charge in [0.05, 0.1) is 37.3 Å². The lowest BCUT2D eigenvalue weighted by Gasteiger charge is -2.21. The van der Waals surface area contributed by atoms with Gasteiger partial charge in [0.25, 0.3) is 5.56 Å². The van der Waals surface area contributed by atoms with Crippen LogP contribution < -0.4 is 21.9 Å². The molecule has 138 valence electrons. The third kappa shape index (κ3) is 2.76. The number of imidazole rings is 1. The van der Waals surface area contributed by atoms with Gasteiger partial charge in [-0.05, 0) is 6.92 Å². The molecule has 26 heavy (non-hydrogen) atoms. The van der Waals surface area contributed by atoms with Crippen LogP contribution in [0, 0.1) is 0 Å². The van der Waals surface area contributed by atoms with Crippen LogP contribution in [-0.2, 0) is 30.2 Å². The van der Waals surface area contributed by atoms with Crippen LogP contribution in [-0.4, -0.2) is 43.8 Å². The number of rotatable bonds is 4. The third-order valence-electron chi connectivity index (χ3n) is 4.12. The van der Waals surface area contributed by atoms with E-state index in [1.807, 2.05) is 0 Å². The highest BCUT2D eigenvalue weighted by Gasteiger charge is 2.25. The van der Waals surface area contributed by atoms with Crippen molar-refractivity contribution in [1.29, 1.82) is 0 Å². The largest absolute Gasteiger partial charge is 0.463 e. The molecule has 3 heterocycles. The highest BCUT2D eigenvalue weighted by Crippen LogP contribution is 2.13. The monoisotopic (exact) mass is 362 g/mol. The van der Waals surface area contributed by atoms with Crippen molar-refractivity contribution < 1.29 is 14.3 Å². The third-order valence-corrected chi connectivity index (χ3v) is 4.12. The number of aromatic nitrogens is 4. The van der Waals surface area contributed by atoms with Gasteiger partial charge in [-0.25, -0.2) is 19.4 Å². The summed E-state index contributed by atoms with van der Waals surface area (Å²) < 4.78 is 8.72. The van der Waals surface area contributed by atoms with Crippen LogP contribution in [0.1, 0.15) is 6.92 Å². The van der Waals surface area contributed by atoms with Crippen LogP contribution in [0.15, 0.2) is 27.2 Å². The Kier molecular flexibility index (Phi) is 4.36. The van der Waals surface area contributed by atoms with E-state index in [1.165, 1.54) is 29.6 Å². The summed E-state index contributed by atoms with van der Waals surface area (Å²) in [5, 5.41) is 5.08. The molecule has 0 radical (unpaired) electrons. The SMILES string of the molecule is CCOC(=O)C1=C(Cn2cnc3c2c(=O)n(C)c(=O)n3C)NC(=O)NC1. The predicted molar refractivity (Wildman–Crippen MR) is 90.4 cm³/mol. The molecule has 1 aliphatic rings. The molecule has 1 aliphatic heterocycles. The zero-order valence-corrected chi connectivity index (χ0v) is 14.5. The van der Waals surface area contributed by atoms with Gasteiger partial charge in [0.15, 0.2) is 11.2 Å². The lowest BCUT2D eigenvalue weighted by atomic mass is 10.1. The van der Waals surface area contributed by atoms with Gasteiger partial charge in [0.1, 0.15) is 0 Å². The summed E-state index contributed by atoms with van der Waals surface area (Å²) in [4.78, 5) is 52.4. The Labute approximate surface area is 146 Å². The maximum atomic E-state index is 12.5. The lowest BCUT2D eigenvalue weighted by Crippen LogP contribution is -2.45. The number of allylic oxidation sites excluding steroid dienone is 1. The second kappa shape index (κ2) is 6.50. The van der Waals surface area contributed by atoms with Crippen molar-refractivity contribution in [2.24, 2.45) is 14.1 Å². The number of carbonyl (C=O) groups excluding carboxylic acids is 2. The Morgan fingerprint density at radius 1 is 1.27 bits per heavy atom. The van der Waals surface area contributed by atoms with Crippen LogP contribution in [0.25, 0.3) is 11.2 Å². The summed E-state index contributed by atoms with van der Waals surface area (Å²) in [5.41, 5.74) is -0.0272. The van der Waals surface area contributed by atoms with Crippen molar-refractivity contribution >= 4 is 23.2 Å². The first kappa shape index (κ1) is 17.5. The minimum Gasteiger partial charge on any atom is -0.463 e. The fraction of sp³-hybridized carbons (Fsp3) is 0.400.